The average Bonchev–Trinajstić information content (AvgIpc) is 2.72. The molecule has 0 atom stereocenters. The van der Waals surface area contributed by atoms with Crippen LogP contribution in [-0.4, -0.2) is 23.5 Å². The molecule has 0 bridgehead atoms. The van der Waals surface area contributed by atoms with Crippen molar-refractivity contribution >= 4 is 17.5 Å². The van der Waals surface area contributed by atoms with Crippen molar-refractivity contribution in [3.63, 3.8) is 0 Å². The summed E-state index contributed by atoms with van der Waals surface area (Å²) in [4.78, 5) is 24.1. The van der Waals surface area contributed by atoms with Crippen LogP contribution in [0.25, 0.3) is 0 Å². The fourth-order valence-corrected chi connectivity index (χ4v) is 3.08. The molecule has 0 saturated heterocycles. The Morgan fingerprint density at radius 3 is 1.96 bits per heavy atom. The van der Waals surface area contributed by atoms with E-state index in [-0.39, 0.29) is 11.7 Å². The lowest BCUT2D eigenvalue weighted by Gasteiger charge is -2.18. The monoisotopic (exact) mass is 374 g/mol. The molecule has 2 amide bonds. The van der Waals surface area contributed by atoms with Crippen molar-refractivity contribution in [1.29, 1.82) is 0 Å². The highest BCUT2D eigenvalue weighted by Gasteiger charge is 2.17. The third-order valence-corrected chi connectivity index (χ3v) is 4.43. The smallest absolute Gasteiger partial charge is 0.313 e. The van der Waals surface area contributed by atoms with E-state index < -0.39 is 11.8 Å². The zero-order chi connectivity index (χ0) is 19.8. The Labute approximate surface area is 164 Å². The molecule has 0 unspecified atom stereocenters. The van der Waals surface area contributed by atoms with E-state index in [0.29, 0.717) is 18.7 Å². The standard InChI is InChI=1S/C23H22N2O3/c26-20-13-7-12-19(16-20)25-23(28)22(27)24-15-14-21(17-8-3-1-4-9-17)18-10-5-2-6-11-18/h1-13,16,21,26H,14-15H2,(H,24,27)(H,25,28). The van der Waals surface area contributed by atoms with Crippen LogP contribution >= 0.6 is 0 Å². The minimum absolute atomic E-state index is 0.0202. The number of phenolic OH excluding ortho intramolecular Hbond substituents is 1. The van der Waals surface area contributed by atoms with Crippen LogP contribution < -0.4 is 10.6 Å². The van der Waals surface area contributed by atoms with E-state index >= 15 is 0 Å². The number of hydrogen-bond donors (Lipinski definition) is 3. The Kier molecular flexibility index (Phi) is 6.41. The van der Waals surface area contributed by atoms with Crippen LogP contribution in [0.15, 0.2) is 84.9 Å². The lowest BCUT2D eigenvalue weighted by Crippen LogP contribution is -2.36. The Bertz CT molecular complexity index is 887. The number of hydrogen-bond acceptors (Lipinski definition) is 3. The van der Waals surface area contributed by atoms with E-state index in [1.54, 1.807) is 12.1 Å². The first-order valence-electron chi connectivity index (χ1n) is 9.11. The van der Waals surface area contributed by atoms with Crippen LogP contribution in [0.5, 0.6) is 5.75 Å². The molecule has 5 heteroatoms. The molecular weight excluding hydrogens is 352 g/mol. The summed E-state index contributed by atoms with van der Waals surface area (Å²) < 4.78 is 0. The van der Waals surface area contributed by atoms with Crippen LogP contribution in [0.2, 0.25) is 0 Å². The van der Waals surface area contributed by atoms with Gasteiger partial charge >= 0.3 is 11.8 Å². The van der Waals surface area contributed by atoms with Crippen LogP contribution in [-0.2, 0) is 9.59 Å². The predicted octanol–water partition coefficient (Wildman–Crippen LogP) is 3.67. The number of aromatic hydroxyl groups is 1. The summed E-state index contributed by atoms with van der Waals surface area (Å²) in [5.74, 6) is -1.33. The van der Waals surface area contributed by atoms with Crippen LogP contribution in [0.3, 0.4) is 0 Å². The number of amides is 2. The number of nitrogens with one attached hydrogen (secondary N) is 2. The highest BCUT2D eigenvalue weighted by molar-refractivity contribution is 6.39. The van der Waals surface area contributed by atoms with Crippen molar-refractivity contribution in [3.05, 3.63) is 96.1 Å². The van der Waals surface area contributed by atoms with Crippen LogP contribution in [0.4, 0.5) is 5.69 Å². The summed E-state index contributed by atoms with van der Waals surface area (Å²) in [5, 5.41) is 14.6. The molecule has 3 aromatic carbocycles. The molecule has 3 rings (SSSR count). The lowest BCUT2D eigenvalue weighted by atomic mass is 9.88. The molecule has 0 fully saturated rings. The highest BCUT2D eigenvalue weighted by atomic mass is 16.3. The maximum Gasteiger partial charge on any atom is 0.313 e. The summed E-state index contributed by atoms with van der Waals surface area (Å²) >= 11 is 0. The van der Waals surface area contributed by atoms with E-state index in [0.717, 1.165) is 11.1 Å². The van der Waals surface area contributed by atoms with Gasteiger partial charge in [-0.05, 0) is 29.7 Å². The fraction of sp³-hybridized carbons (Fsp3) is 0.130. The number of phenols is 1. The molecule has 0 aliphatic heterocycles. The van der Waals surface area contributed by atoms with Crippen molar-refractivity contribution < 1.29 is 14.7 Å². The van der Waals surface area contributed by atoms with Gasteiger partial charge in [0.1, 0.15) is 5.75 Å². The van der Waals surface area contributed by atoms with E-state index in [9.17, 15) is 14.7 Å². The predicted molar refractivity (Wildman–Crippen MR) is 109 cm³/mol. The van der Waals surface area contributed by atoms with Crippen molar-refractivity contribution in [3.8, 4) is 5.75 Å². The molecule has 28 heavy (non-hydrogen) atoms. The minimum Gasteiger partial charge on any atom is -0.508 e. The van der Waals surface area contributed by atoms with Crippen LogP contribution in [0, 0.1) is 0 Å². The molecule has 5 nitrogen and oxygen atoms in total. The van der Waals surface area contributed by atoms with Gasteiger partial charge in [0.2, 0.25) is 0 Å². The lowest BCUT2D eigenvalue weighted by molar-refractivity contribution is -0.136. The second kappa shape index (κ2) is 9.37. The van der Waals surface area contributed by atoms with Gasteiger partial charge in [-0.2, -0.15) is 0 Å². The van der Waals surface area contributed by atoms with Gasteiger partial charge in [0.05, 0.1) is 0 Å². The normalized spacial score (nSPS) is 10.5. The number of anilines is 1. The van der Waals surface area contributed by atoms with Crippen LogP contribution in [0.1, 0.15) is 23.5 Å². The largest absolute Gasteiger partial charge is 0.508 e. The van der Waals surface area contributed by atoms with E-state index in [2.05, 4.69) is 34.9 Å². The molecule has 0 aliphatic rings. The third-order valence-electron chi connectivity index (χ3n) is 4.43. The first-order valence-corrected chi connectivity index (χ1v) is 9.11. The second-order valence-corrected chi connectivity index (χ2v) is 6.42. The maximum atomic E-state index is 12.1. The van der Waals surface area contributed by atoms with E-state index in [4.69, 9.17) is 0 Å². The molecule has 0 spiro atoms. The summed E-state index contributed by atoms with van der Waals surface area (Å²) in [6.45, 7) is 0.362. The van der Waals surface area contributed by atoms with Gasteiger partial charge < -0.3 is 15.7 Å². The summed E-state index contributed by atoms with van der Waals surface area (Å²) in [7, 11) is 0. The van der Waals surface area contributed by atoms with E-state index in [1.165, 1.54) is 12.1 Å². The number of rotatable bonds is 6. The molecule has 0 saturated carbocycles. The third kappa shape index (κ3) is 5.20. The summed E-state index contributed by atoms with van der Waals surface area (Å²) in [5.41, 5.74) is 2.69. The average molecular weight is 374 g/mol. The molecule has 0 heterocycles. The zero-order valence-electron chi connectivity index (χ0n) is 15.3. The van der Waals surface area contributed by atoms with Gasteiger partial charge in [-0.1, -0.05) is 66.7 Å². The first-order chi connectivity index (χ1) is 13.6. The summed E-state index contributed by atoms with van der Waals surface area (Å²) in [6.07, 6.45) is 0.666. The summed E-state index contributed by atoms with van der Waals surface area (Å²) in [6, 6.07) is 26.2. The maximum absolute atomic E-state index is 12.1. The minimum atomic E-state index is -0.762. The molecule has 0 radical (unpaired) electrons. The highest BCUT2D eigenvalue weighted by Crippen LogP contribution is 2.27. The van der Waals surface area contributed by atoms with Crippen molar-refractivity contribution in [2.45, 2.75) is 12.3 Å². The van der Waals surface area contributed by atoms with E-state index in [1.807, 2.05) is 36.4 Å². The number of carbonyl (C=O) groups excluding carboxylic acids is 2. The molecule has 142 valence electrons. The zero-order valence-corrected chi connectivity index (χ0v) is 15.3. The Hall–Kier alpha value is -3.60. The Morgan fingerprint density at radius 2 is 1.39 bits per heavy atom. The molecule has 0 aliphatic carbocycles. The topological polar surface area (TPSA) is 78.4 Å². The first kappa shape index (κ1) is 19.2. The quantitative estimate of drug-likeness (QED) is 0.576. The van der Waals surface area contributed by atoms with Gasteiger partial charge in [-0.3, -0.25) is 9.59 Å². The molecule has 3 aromatic rings. The van der Waals surface area contributed by atoms with Gasteiger partial charge in [-0.25, -0.2) is 0 Å². The van der Waals surface area contributed by atoms with Crippen molar-refractivity contribution in [2.24, 2.45) is 0 Å². The Balaban J connectivity index is 1.59. The van der Waals surface area contributed by atoms with Crippen molar-refractivity contribution in [1.82, 2.24) is 5.32 Å². The Morgan fingerprint density at radius 1 is 0.786 bits per heavy atom. The molecular formula is C23H22N2O3. The SMILES string of the molecule is O=C(NCCC(c1ccccc1)c1ccccc1)C(=O)Nc1cccc(O)c1. The van der Waals surface area contributed by atoms with Gasteiger partial charge in [0, 0.05) is 24.2 Å². The fourth-order valence-electron chi connectivity index (χ4n) is 3.08. The number of benzene rings is 3. The van der Waals surface area contributed by atoms with Gasteiger partial charge in [-0.15, -0.1) is 0 Å². The van der Waals surface area contributed by atoms with Crippen molar-refractivity contribution in [2.75, 3.05) is 11.9 Å². The van der Waals surface area contributed by atoms with Gasteiger partial charge in [0.25, 0.3) is 0 Å². The second-order valence-electron chi connectivity index (χ2n) is 6.42. The molecule has 0 aromatic heterocycles. The van der Waals surface area contributed by atoms with Gasteiger partial charge in [0.15, 0.2) is 0 Å². The number of carbonyl (C=O) groups is 2. The molecule has 3 N–H and O–H groups in total.